The van der Waals surface area contributed by atoms with Crippen LogP contribution in [-0.4, -0.2) is 0 Å². The van der Waals surface area contributed by atoms with E-state index in [1.54, 1.807) is 0 Å². The molecule has 0 aliphatic rings. The van der Waals surface area contributed by atoms with Crippen LogP contribution in [0.1, 0.15) is 31.9 Å². The summed E-state index contributed by atoms with van der Waals surface area (Å²) in [5.41, 5.74) is 4.60. The molecular weight excluding hydrogens is 192 g/mol. The third-order valence-corrected chi connectivity index (χ3v) is 2.15. The van der Waals surface area contributed by atoms with Crippen LogP contribution in [0.3, 0.4) is 0 Å². The fourth-order valence-corrected chi connectivity index (χ4v) is 1.18. The van der Waals surface area contributed by atoms with Crippen LogP contribution in [0.25, 0.3) is 5.57 Å². The SMILES string of the molecule is C=C/C(C)=C\C(=C)c1ccc(C)cc1.CC. The van der Waals surface area contributed by atoms with Gasteiger partial charge in [0.1, 0.15) is 0 Å². The first-order valence-electron chi connectivity index (χ1n) is 5.70. The zero-order chi connectivity index (χ0) is 12.6. The Morgan fingerprint density at radius 1 is 1.12 bits per heavy atom. The summed E-state index contributed by atoms with van der Waals surface area (Å²) < 4.78 is 0. The monoisotopic (exact) mass is 214 g/mol. The molecule has 1 aromatic carbocycles. The summed E-state index contributed by atoms with van der Waals surface area (Å²) in [4.78, 5) is 0. The van der Waals surface area contributed by atoms with Crippen molar-refractivity contribution in [3.05, 3.63) is 66.3 Å². The van der Waals surface area contributed by atoms with E-state index in [9.17, 15) is 0 Å². The zero-order valence-corrected chi connectivity index (χ0v) is 10.9. The van der Waals surface area contributed by atoms with E-state index >= 15 is 0 Å². The normalized spacial score (nSPS) is 10.1. The highest BCUT2D eigenvalue weighted by molar-refractivity contribution is 5.73. The van der Waals surface area contributed by atoms with Crippen LogP contribution in [0.15, 0.2) is 55.1 Å². The van der Waals surface area contributed by atoms with Crippen molar-refractivity contribution in [3.8, 4) is 0 Å². The Bertz CT molecular complexity index is 364. The summed E-state index contributed by atoms with van der Waals surface area (Å²) in [5, 5.41) is 0. The summed E-state index contributed by atoms with van der Waals surface area (Å²) in [6.07, 6.45) is 3.87. The van der Waals surface area contributed by atoms with Gasteiger partial charge in [-0.1, -0.05) is 74.6 Å². The van der Waals surface area contributed by atoms with Gasteiger partial charge in [0.25, 0.3) is 0 Å². The molecule has 0 nitrogen and oxygen atoms in total. The first kappa shape index (κ1) is 14.4. The molecule has 1 aromatic rings. The van der Waals surface area contributed by atoms with Crippen LogP contribution >= 0.6 is 0 Å². The molecule has 86 valence electrons. The Kier molecular flexibility index (Phi) is 6.95. The lowest BCUT2D eigenvalue weighted by molar-refractivity contribution is 1.45. The number of benzene rings is 1. The van der Waals surface area contributed by atoms with Gasteiger partial charge in [0.15, 0.2) is 0 Å². The molecule has 0 radical (unpaired) electrons. The summed E-state index contributed by atoms with van der Waals surface area (Å²) in [6, 6.07) is 8.37. The van der Waals surface area contributed by atoms with Gasteiger partial charge in [0.05, 0.1) is 0 Å². The fraction of sp³-hybridized carbons (Fsp3) is 0.250. The molecule has 16 heavy (non-hydrogen) atoms. The molecule has 0 spiro atoms. The lowest BCUT2D eigenvalue weighted by Crippen LogP contribution is -1.80. The average molecular weight is 214 g/mol. The highest BCUT2D eigenvalue weighted by Crippen LogP contribution is 2.16. The van der Waals surface area contributed by atoms with E-state index in [1.165, 1.54) is 5.56 Å². The van der Waals surface area contributed by atoms with E-state index in [-0.39, 0.29) is 0 Å². The number of hydrogen-bond acceptors (Lipinski definition) is 0. The van der Waals surface area contributed by atoms with E-state index in [2.05, 4.69) is 44.3 Å². The summed E-state index contributed by atoms with van der Waals surface area (Å²) >= 11 is 0. The molecule has 0 saturated carbocycles. The van der Waals surface area contributed by atoms with Crippen molar-refractivity contribution in [2.24, 2.45) is 0 Å². The van der Waals surface area contributed by atoms with Crippen molar-refractivity contribution >= 4 is 5.57 Å². The zero-order valence-electron chi connectivity index (χ0n) is 10.9. The minimum atomic E-state index is 1.03. The van der Waals surface area contributed by atoms with Gasteiger partial charge in [-0.2, -0.15) is 0 Å². The van der Waals surface area contributed by atoms with Crippen LogP contribution in [-0.2, 0) is 0 Å². The minimum absolute atomic E-state index is 1.03. The Hall–Kier alpha value is -1.56. The molecule has 0 atom stereocenters. The predicted octanol–water partition coefficient (Wildman–Crippen LogP) is 5.17. The van der Waals surface area contributed by atoms with Crippen molar-refractivity contribution in [2.75, 3.05) is 0 Å². The molecule has 0 heteroatoms. The first-order valence-corrected chi connectivity index (χ1v) is 5.70. The molecule has 0 aromatic heterocycles. The van der Waals surface area contributed by atoms with Crippen molar-refractivity contribution in [3.63, 3.8) is 0 Å². The summed E-state index contributed by atoms with van der Waals surface area (Å²) in [5.74, 6) is 0. The second-order valence-corrected chi connectivity index (χ2v) is 3.48. The van der Waals surface area contributed by atoms with E-state index in [0.29, 0.717) is 0 Å². The van der Waals surface area contributed by atoms with Crippen molar-refractivity contribution in [2.45, 2.75) is 27.7 Å². The second kappa shape index (κ2) is 7.70. The maximum atomic E-state index is 4.02. The minimum Gasteiger partial charge on any atom is -0.0988 e. The lowest BCUT2D eigenvalue weighted by atomic mass is 10.0. The van der Waals surface area contributed by atoms with Crippen LogP contribution in [0.2, 0.25) is 0 Å². The Labute approximate surface area is 100 Å². The Balaban J connectivity index is 0.00000106. The topological polar surface area (TPSA) is 0 Å². The smallest absolute Gasteiger partial charge is 0.0190 e. The Morgan fingerprint density at radius 3 is 2.06 bits per heavy atom. The highest BCUT2D eigenvalue weighted by atomic mass is 14.0. The van der Waals surface area contributed by atoms with E-state index in [0.717, 1.165) is 16.7 Å². The van der Waals surface area contributed by atoms with Gasteiger partial charge in [0, 0.05) is 0 Å². The van der Waals surface area contributed by atoms with Gasteiger partial charge in [-0.05, 0) is 25.0 Å². The Morgan fingerprint density at radius 2 is 1.62 bits per heavy atom. The molecule has 0 unspecified atom stereocenters. The first-order chi connectivity index (χ1) is 7.63. The standard InChI is InChI=1S/C14H16.C2H6/c1-5-11(2)10-13(4)14-8-6-12(3)7-9-14;1-2/h5-10H,1,4H2,2-3H3;1-2H3/b11-10-;. The third kappa shape index (κ3) is 4.79. The third-order valence-electron chi connectivity index (χ3n) is 2.15. The van der Waals surface area contributed by atoms with Crippen LogP contribution in [0.5, 0.6) is 0 Å². The molecule has 0 bridgehead atoms. The largest absolute Gasteiger partial charge is 0.0988 e. The number of aryl methyl sites for hydroxylation is 1. The molecule has 0 aliphatic heterocycles. The molecule has 1 rings (SSSR count). The number of rotatable bonds is 3. The molecule has 0 saturated heterocycles. The molecular formula is C16H22. The van der Waals surface area contributed by atoms with Gasteiger partial charge in [-0.15, -0.1) is 0 Å². The van der Waals surface area contributed by atoms with Gasteiger partial charge < -0.3 is 0 Å². The molecule has 0 amide bonds. The van der Waals surface area contributed by atoms with Gasteiger partial charge in [-0.25, -0.2) is 0 Å². The average Bonchev–Trinajstić information content (AvgIpc) is 2.32. The van der Waals surface area contributed by atoms with Gasteiger partial charge in [-0.3, -0.25) is 0 Å². The summed E-state index contributed by atoms with van der Waals surface area (Å²) in [7, 11) is 0. The van der Waals surface area contributed by atoms with E-state index in [4.69, 9.17) is 0 Å². The van der Waals surface area contributed by atoms with Gasteiger partial charge in [0.2, 0.25) is 0 Å². The van der Waals surface area contributed by atoms with Crippen LogP contribution in [0.4, 0.5) is 0 Å². The van der Waals surface area contributed by atoms with Crippen molar-refractivity contribution in [1.82, 2.24) is 0 Å². The summed E-state index contributed by atoms with van der Waals surface area (Å²) in [6.45, 7) is 15.8. The van der Waals surface area contributed by atoms with Gasteiger partial charge >= 0.3 is 0 Å². The number of hydrogen-bond donors (Lipinski definition) is 0. The number of allylic oxidation sites excluding steroid dienone is 4. The van der Waals surface area contributed by atoms with E-state index in [1.807, 2.05) is 32.9 Å². The molecule has 0 heterocycles. The van der Waals surface area contributed by atoms with Crippen LogP contribution < -0.4 is 0 Å². The second-order valence-electron chi connectivity index (χ2n) is 3.48. The predicted molar refractivity (Wildman–Crippen MR) is 75.5 cm³/mol. The van der Waals surface area contributed by atoms with Crippen molar-refractivity contribution in [1.29, 1.82) is 0 Å². The fourth-order valence-electron chi connectivity index (χ4n) is 1.18. The maximum absolute atomic E-state index is 4.02. The lowest BCUT2D eigenvalue weighted by Gasteiger charge is -2.01. The van der Waals surface area contributed by atoms with Crippen molar-refractivity contribution < 1.29 is 0 Å². The highest BCUT2D eigenvalue weighted by Gasteiger charge is 1.94. The van der Waals surface area contributed by atoms with E-state index < -0.39 is 0 Å². The molecule has 0 N–H and O–H groups in total. The maximum Gasteiger partial charge on any atom is -0.0190 e. The van der Waals surface area contributed by atoms with Crippen LogP contribution in [0, 0.1) is 6.92 Å². The molecule has 0 fully saturated rings. The quantitative estimate of drug-likeness (QED) is 0.609. The molecule has 0 aliphatic carbocycles.